The molecule has 10 rings (SSSR count). The van der Waals surface area contributed by atoms with Crippen molar-refractivity contribution in [2.75, 3.05) is 54.9 Å². The van der Waals surface area contributed by atoms with Gasteiger partial charge in [0.2, 0.25) is 17.7 Å². The fraction of sp³-hybridized carbons (Fsp3) is 0.333. The zero-order chi connectivity index (χ0) is 52.0. The highest BCUT2D eigenvalue weighted by Crippen LogP contribution is 2.37. The number of amides is 4. The van der Waals surface area contributed by atoms with Crippen LogP contribution < -0.4 is 25.6 Å². The van der Waals surface area contributed by atoms with Crippen LogP contribution in [0.1, 0.15) is 75.8 Å². The molecular formula is C54H54F2N10O7S. The maximum Gasteiger partial charge on any atom is 0.355 e. The molecule has 17 nitrogen and oxygen atoms in total. The van der Waals surface area contributed by atoms with E-state index in [4.69, 9.17) is 4.74 Å². The summed E-state index contributed by atoms with van der Waals surface area (Å²) in [6.07, 6.45) is 1.15. The van der Waals surface area contributed by atoms with Crippen LogP contribution in [0, 0.1) is 6.92 Å². The molecule has 4 aromatic carbocycles. The molecule has 3 unspecified atom stereocenters. The van der Waals surface area contributed by atoms with E-state index in [9.17, 15) is 29.1 Å². The van der Waals surface area contributed by atoms with Gasteiger partial charge in [-0.2, -0.15) is 5.10 Å². The number of carboxylic acids is 1. The number of alkyl halides is 2. The van der Waals surface area contributed by atoms with E-state index in [1.165, 1.54) is 11.3 Å². The summed E-state index contributed by atoms with van der Waals surface area (Å²) in [5.74, 6) is -5.84. The van der Waals surface area contributed by atoms with Crippen LogP contribution in [0.2, 0.25) is 0 Å². The monoisotopic (exact) mass is 1020 g/mol. The molecule has 3 atom stereocenters. The normalized spacial score (nSPS) is 18.6. The smallest absolute Gasteiger partial charge is 0.355 e. The quantitative estimate of drug-likeness (QED) is 0.0775. The molecule has 0 spiro atoms. The van der Waals surface area contributed by atoms with E-state index >= 15 is 8.78 Å². The summed E-state index contributed by atoms with van der Waals surface area (Å²) < 4.78 is 40.1. The predicted octanol–water partition coefficient (Wildman–Crippen LogP) is 7.63. The summed E-state index contributed by atoms with van der Waals surface area (Å²) in [5, 5.41) is 24.6. The van der Waals surface area contributed by atoms with Gasteiger partial charge in [-0.05, 0) is 98.3 Å². The Kier molecular flexibility index (Phi) is 13.7. The third-order valence-corrected chi connectivity index (χ3v) is 15.1. The van der Waals surface area contributed by atoms with E-state index in [2.05, 4.69) is 31.0 Å². The Balaban J connectivity index is 0.762. The molecule has 0 radical (unpaired) electrons. The average Bonchev–Trinajstić information content (AvgIpc) is 3.94. The molecule has 4 N–H and O–H groups in total. The fourth-order valence-electron chi connectivity index (χ4n) is 10.6. The molecule has 4 amide bonds. The second-order valence-electron chi connectivity index (χ2n) is 19.3. The van der Waals surface area contributed by atoms with Crippen LogP contribution in [-0.2, 0) is 34.4 Å². The number of carboxylic acid groups (broad SMARTS) is 1. The Bertz CT molecular complexity index is 3330. The van der Waals surface area contributed by atoms with Crippen molar-refractivity contribution in [1.29, 1.82) is 0 Å². The number of carbonyl (C=O) groups is 5. The molecular weight excluding hydrogens is 971 g/mol. The number of thiazole rings is 1. The zero-order valence-corrected chi connectivity index (χ0v) is 42.0. The lowest BCUT2D eigenvalue weighted by Gasteiger charge is -2.44. The fourth-order valence-corrected chi connectivity index (χ4v) is 11.5. The topological polar surface area (TPSA) is 204 Å². The van der Waals surface area contributed by atoms with Crippen molar-refractivity contribution in [3.8, 4) is 16.9 Å². The van der Waals surface area contributed by atoms with Gasteiger partial charge in [-0.3, -0.25) is 44.3 Å². The number of pyridine rings is 1. The summed E-state index contributed by atoms with van der Waals surface area (Å²) in [4.78, 5) is 79.3. The first-order chi connectivity index (χ1) is 35.5. The number of aromatic nitrogens is 4. The maximum absolute atomic E-state index is 15.9. The highest BCUT2D eigenvalue weighted by atomic mass is 32.1. The minimum atomic E-state index is -3.27. The summed E-state index contributed by atoms with van der Waals surface area (Å²) in [7, 11) is 1.73. The predicted molar refractivity (Wildman–Crippen MR) is 277 cm³/mol. The average molecular weight is 1030 g/mol. The number of imide groups is 1. The largest absolute Gasteiger partial charge is 0.487 e. The number of piperidine rings is 1. The van der Waals surface area contributed by atoms with Gasteiger partial charge < -0.3 is 20.1 Å². The van der Waals surface area contributed by atoms with Crippen molar-refractivity contribution >= 4 is 78.7 Å². The van der Waals surface area contributed by atoms with Gasteiger partial charge in [0.05, 0.1) is 46.1 Å². The van der Waals surface area contributed by atoms with Crippen LogP contribution in [0.5, 0.6) is 5.75 Å². The summed E-state index contributed by atoms with van der Waals surface area (Å²) in [6.45, 7) is 5.41. The Morgan fingerprint density at radius 2 is 1.68 bits per heavy atom. The van der Waals surface area contributed by atoms with Gasteiger partial charge in [0.1, 0.15) is 11.6 Å². The number of benzene rings is 4. The van der Waals surface area contributed by atoms with E-state index in [0.29, 0.717) is 81.4 Å². The van der Waals surface area contributed by atoms with Crippen LogP contribution in [0.25, 0.3) is 32.2 Å². The summed E-state index contributed by atoms with van der Waals surface area (Å²) in [6, 6.07) is 26.4. The zero-order valence-electron chi connectivity index (χ0n) is 41.2. The van der Waals surface area contributed by atoms with Crippen molar-refractivity contribution in [2.45, 2.75) is 70.5 Å². The van der Waals surface area contributed by atoms with Crippen LogP contribution in [0.3, 0.4) is 0 Å². The Labute approximate surface area is 428 Å². The van der Waals surface area contributed by atoms with Crippen molar-refractivity contribution in [1.82, 2.24) is 34.9 Å². The SMILES string of the molecule is Cc1c(OCC(F)(F)CN2CC(C)N(CC(=O)Nc3cccc4c(C5CCC(=O)NC5=O)nn(C)c34)C(C)C2)cccc1-c1ccc(N2CCc3cccc(C(=O)Nc4nc5ccccc5s4)c3C2)nc1C(=O)O. The molecule has 382 valence electrons. The number of nitrogens with zero attached hydrogens (tertiary/aromatic N) is 7. The van der Waals surface area contributed by atoms with Crippen molar-refractivity contribution < 1.29 is 42.6 Å². The molecule has 6 heterocycles. The number of aryl methyl sites for hydroxylation is 1. The first-order valence-corrected chi connectivity index (χ1v) is 25.3. The number of carbonyl (C=O) groups excluding carboxylic acids is 4. The molecule has 0 bridgehead atoms. The second-order valence-corrected chi connectivity index (χ2v) is 20.4. The molecule has 7 aromatic rings. The number of rotatable bonds is 14. The minimum Gasteiger partial charge on any atom is -0.487 e. The Morgan fingerprint density at radius 1 is 0.905 bits per heavy atom. The number of fused-ring (bicyclic) bond motifs is 3. The molecule has 2 fully saturated rings. The van der Waals surface area contributed by atoms with Gasteiger partial charge in [-0.15, -0.1) is 0 Å². The highest BCUT2D eigenvalue weighted by molar-refractivity contribution is 7.22. The lowest BCUT2D eigenvalue weighted by Crippen LogP contribution is -2.60. The van der Waals surface area contributed by atoms with Crippen LogP contribution in [0.4, 0.5) is 25.4 Å². The van der Waals surface area contributed by atoms with Crippen LogP contribution in [0.15, 0.2) is 91.0 Å². The standard InChI is InChI=1S/C54H54F2N10O7S/c1-30-24-64(25-31(2)66(30)27-46(68)57-41-15-8-13-37-47(62-63(4)49(37)41)38-19-21-45(67)60-51(38)70)28-54(55,56)29-73-42-16-9-11-34(32(42)3)35-18-20-44(59-48(35)52(71)72)65-23-22-33-10-7-12-36(39(33)26-65)50(69)61-53-58-40-14-5-6-17-43(40)74-53/h5-18,20,30-31,38H,19,21-29H2,1-4H3,(H,57,68)(H,71,72)(H,58,61,69)(H,60,67,70). The Hall–Kier alpha value is -7.68. The third-order valence-electron chi connectivity index (χ3n) is 14.1. The number of piperazine rings is 1. The summed E-state index contributed by atoms with van der Waals surface area (Å²) >= 11 is 1.39. The van der Waals surface area contributed by atoms with E-state index in [-0.39, 0.29) is 67.3 Å². The number of hydrogen-bond donors (Lipinski definition) is 4. The molecule has 0 saturated carbocycles. The minimum absolute atomic E-state index is 0.0160. The molecule has 3 aliphatic heterocycles. The number of halogens is 2. The first-order valence-electron chi connectivity index (χ1n) is 24.4. The number of para-hydroxylation sites is 2. The number of ether oxygens (including phenoxy) is 1. The maximum atomic E-state index is 15.9. The van der Waals surface area contributed by atoms with Crippen molar-refractivity contribution in [3.05, 3.63) is 125 Å². The van der Waals surface area contributed by atoms with Gasteiger partial charge in [0.15, 0.2) is 17.4 Å². The van der Waals surface area contributed by atoms with Gasteiger partial charge in [-0.25, -0.2) is 23.5 Å². The molecule has 2 saturated heterocycles. The van der Waals surface area contributed by atoms with Gasteiger partial charge in [-0.1, -0.05) is 59.9 Å². The van der Waals surface area contributed by atoms with Gasteiger partial charge >= 0.3 is 5.97 Å². The molecule has 0 aliphatic carbocycles. The summed E-state index contributed by atoms with van der Waals surface area (Å²) in [5.41, 5.74) is 5.81. The van der Waals surface area contributed by atoms with Crippen LogP contribution >= 0.6 is 11.3 Å². The highest BCUT2D eigenvalue weighted by Gasteiger charge is 2.39. The number of anilines is 3. The van der Waals surface area contributed by atoms with E-state index in [0.717, 1.165) is 21.3 Å². The number of aromatic carboxylic acids is 1. The van der Waals surface area contributed by atoms with Crippen molar-refractivity contribution in [3.63, 3.8) is 0 Å². The number of hydrogen-bond acceptors (Lipinski definition) is 13. The van der Waals surface area contributed by atoms with Crippen LogP contribution in [-0.4, -0.2) is 122 Å². The number of nitrogens with one attached hydrogen (secondary N) is 3. The van der Waals surface area contributed by atoms with Gasteiger partial charge in [0, 0.05) is 68.2 Å². The van der Waals surface area contributed by atoms with E-state index in [1.54, 1.807) is 72.1 Å². The molecule has 74 heavy (non-hydrogen) atoms. The lowest BCUT2D eigenvalue weighted by molar-refractivity contribution is -0.134. The first kappa shape index (κ1) is 49.9. The van der Waals surface area contributed by atoms with E-state index < -0.39 is 36.9 Å². The molecule has 3 aromatic heterocycles. The third kappa shape index (κ3) is 10.2. The lowest BCUT2D eigenvalue weighted by atomic mass is 9.92. The van der Waals surface area contributed by atoms with E-state index in [1.807, 2.05) is 66.1 Å². The Morgan fingerprint density at radius 3 is 2.45 bits per heavy atom. The second kappa shape index (κ2) is 20.3. The molecule has 20 heteroatoms. The van der Waals surface area contributed by atoms with Crippen molar-refractivity contribution in [2.24, 2.45) is 7.05 Å². The molecule has 3 aliphatic rings. The van der Waals surface area contributed by atoms with Gasteiger partial charge in [0.25, 0.3) is 11.8 Å².